The van der Waals surface area contributed by atoms with Gasteiger partial charge in [0.05, 0.1) is 0 Å². The normalized spacial score (nSPS) is 21.5. The van der Waals surface area contributed by atoms with E-state index < -0.39 is 0 Å². The van der Waals surface area contributed by atoms with Crippen molar-refractivity contribution in [3.8, 4) is 0 Å². The number of aryl methyl sites for hydroxylation is 1. The minimum absolute atomic E-state index is 0.264. The van der Waals surface area contributed by atoms with E-state index in [4.69, 9.17) is 0 Å². The first kappa shape index (κ1) is 7.53. The number of hydrogen-bond donors (Lipinski definition) is 0. The van der Waals surface area contributed by atoms with Crippen molar-refractivity contribution in [2.45, 2.75) is 19.3 Å². The average molecular weight is 160 g/mol. The molecule has 0 amide bonds. The molecule has 1 heteroatoms. The van der Waals surface area contributed by atoms with E-state index in [-0.39, 0.29) is 5.92 Å². The van der Waals surface area contributed by atoms with Crippen molar-refractivity contribution in [3.63, 3.8) is 0 Å². The van der Waals surface area contributed by atoms with Gasteiger partial charge in [0.2, 0.25) is 0 Å². The van der Waals surface area contributed by atoms with Gasteiger partial charge in [-0.25, -0.2) is 0 Å². The zero-order chi connectivity index (χ0) is 8.39. The summed E-state index contributed by atoms with van der Waals surface area (Å²) in [5.41, 5.74) is 2.79. The molecule has 0 fully saturated rings. The summed E-state index contributed by atoms with van der Waals surface area (Å²) >= 11 is 0. The van der Waals surface area contributed by atoms with Crippen molar-refractivity contribution < 1.29 is 4.79 Å². The van der Waals surface area contributed by atoms with E-state index in [0.29, 0.717) is 0 Å². The molecule has 0 unspecified atom stereocenters. The van der Waals surface area contributed by atoms with Crippen LogP contribution in [0.2, 0.25) is 0 Å². The van der Waals surface area contributed by atoms with E-state index in [1.54, 1.807) is 0 Å². The highest BCUT2D eigenvalue weighted by Gasteiger charge is 2.16. The third kappa shape index (κ3) is 1.27. The molecule has 1 nitrogen and oxygen atoms in total. The molecule has 0 radical (unpaired) electrons. The van der Waals surface area contributed by atoms with Crippen LogP contribution in [0.1, 0.15) is 17.5 Å². The second-order valence-electron chi connectivity index (χ2n) is 3.41. The van der Waals surface area contributed by atoms with E-state index in [2.05, 4.69) is 18.2 Å². The quantitative estimate of drug-likeness (QED) is 0.574. The molecule has 12 heavy (non-hydrogen) atoms. The van der Waals surface area contributed by atoms with Crippen LogP contribution in [0.25, 0.3) is 0 Å². The van der Waals surface area contributed by atoms with Crippen LogP contribution in [-0.2, 0) is 17.6 Å². The summed E-state index contributed by atoms with van der Waals surface area (Å²) in [6, 6.07) is 8.41. The molecule has 1 aliphatic rings. The fourth-order valence-corrected chi connectivity index (χ4v) is 1.84. The van der Waals surface area contributed by atoms with Crippen molar-refractivity contribution in [1.82, 2.24) is 0 Å². The lowest BCUT2D eigenvalue weighted by atomic mass is 9.85. The van der Waals surface area contributed by atoms with Crippen molar-refractivity contribution in [3.05, 3.63) is 35.4 Å². The molecule has 0 aromatic heterocycles. The van der Waals surface area contributed by atoms with Crippen LogP contribution in [0.5, 0.6) is 0 Å². The van der Waals surface area contributed by atoms with E-state index in [9.17, 15) is 4.79 Å². The molecule has 1 atom stereocenters. The first-order chi connectivity index (χ1) is 5.90. The van der Waals surface area contributed by atoms with E-state index in [1.807, 2.05) is 6.07 Å². The maximum absolute atomic E-state index is 10.6. The van der Waals surface area contributed by atoms with Gasteiger partial charge in [0.15, 0.2) is 0 Å². The number of carbonyl (C=O) groups is 1. The van der Waals surface area contributed by atoms with Crippen molar-refractivity contribution in [1.29, 1.82) is 0 Å². The highest BCUT2D eigenvalue weighted by Crippen LogP contribution is 2.23. The van der Waals surface area contributed by atoms with Crippen LogP contribution in [0.4, 0.5) is 0 Å². The fraction of sp³-hybridized carbons (Fsp3) is 0.364. The predicted molar refractivity (Wildman–Crippen MR) is 48.0 cm³/mol. The largest absolute Gasteiger partial charge is 0.303 e. The summed E-state index contributed by atoms with van der Waals surface area (Å²) < 4.78 is 0. The Balaban J connectivity index is 2.28. The molecule has 1 aromatic carbocycles. The predicted octanol–water partition coefficient (Wildman–Crippen LogP) is 1.99. The molecular formula is C11H12O. The number of rotatable bonds is 1. The minimum Gasteiger partial charge on any atom is -0.303 e. The van der Waals surface area contributed by atoms with E-state index in [1.165, 1.54) is 11.1 Å². The van der Waals surface area contributed by atoms with Gasteiger partial charge in [0.1, 0.15) is 6.29 Å². The van der Waals surface area contributed by atoms with Crippen molar-refractivity contribution in [2.24, 2.45) is 5.92 Å². The first-order valence-electron chi connectivity index (χ1n) is 4.42. The molecule has 0 saturated carbocycles. The van der Waals surface area contributed by atoms with Gasteiger partial charge in [-0.2, -0.15) is 0 Å². The van der Waals surface area contributed by atoms with Crippen molar-refractivity contribution in [2.75, 3.05) is 0 Å². The number of aldehydes is 1. The maximum atomic E-state index is 10.6. The number of hydrogen-bond acceptors (Lipinski definition) is 1. The first-order valence-corrected chi connectivity index (χ1v) is 4.42. The third-order valence-corrected chi connectivity index (χ3v) is 2.58. The van der Waals surface area contributed by atoms with Gasteiger partial charge in [-0.15, -0.1) is 0 Å². The van der Waals surface area contributed by atoms with Crippen LogP contribution in [0.15, 0.2) is 24.3 Å². The Bertz CT molecular complexity index is 291. The highest BCUT2D eigenvalue weighted by molar-refractivity contribution is 5.55. The zero-order valence-electron chi connectivity index (χ0n) is 6.99. The average Bonchev–Trinajstić information content (AvgIpc) is 2.17. The zero-order valence-corrected chi connectivity index (χ0v) is 6.99. The Hall–Kier alpha value is -1.11. The second-order valence-corrected chi connectivity index (χ2v) is 3.41. The Labute approximate surface area is 72.4 Å². The standard InChI is InChI=1S/C11H12O/c12-8-9-5-6-10-3-1-2-4-11(10)7-9/h1-4,8-9H,5-7H2/t9-/m1/s1. The smallest absolute Gasteiger partial charge is 0.123 e. The molecule has 0 N–H and O–H groups in total. The third-order valence-electron chi connectivity index (χ3n) is 2.58. The lowest BCUT2D eigenvalue weighted by molar-refractivity contribution is -0.111. The molecule has 0 bridgehead atoms. The maximum Gasteiger partial charge on any atom is 0.123 e. The topological polar surface area (TPSA) is 17.1 Å². The summed E-state index contributed by atoms with van der Waals surface area (Å²) in [5.74, 6) is 0.264. The Morgan fingerprint density at radius 3 is 2.75 bits per heavy atom. The Kier molecular flexibility index (Phi) is 1.94. The molecule has 0 heterocycles. The van der Waals surface area contributed by atoms with Gasteiger partial charge in [0.25, 0.3) is 0 Å². The lowest BCUT2D eigenvalue weighted by Gasteiger charge is -2.19. The summed E-state index contributed by atoms with van der Waals surface area (Å²) in [7, 11) is 0. The number of fused-ring (bicyclic) bond motifs is 1. The van der Waals surface area contributed by atoms with Gasteiger partial charge in [-0.05, 0) is 30.4 Å². The lowest BCUT2D eigenvalue weighted by Crippen LogP contribution is -2.14. The van der Waals surface area contributed by atoms with Gasteiger partial charge < -0.3 is 4.79 Å². The highest BCUT2D eigenvalue weighted by atomic mass is 16.1. The molecule has 0 spiro atoms. The molecule has 0 saturated heterocycles. The van der Waals surface area contributed by atoms with Gasteiger partial charge in [0, 0.05) is 5.92 Å². The molecule has 62 valence electrons. The van der Waals surface area contributed by atoms with Gasteiger partial charge in [-0.3, -0.25) is 0 Å². The SMILES string of the molecule is O=C[C@@H]1CCc2ccccc2C1. The van der Waals surface area contributed by atoms with Crippen LogP contribution in [0, 0.1) is 5.92 Å². The van der Waals surface area contributed by atoms with Crippen LogP contribution in [0.3, 0.4) is 0 Å². The Morgan fingerprint density at radius 1 is 1.25 bits per heavy atom. The number of carbonyl (C=O) groups excluding carboxylic acids is 1. The van der Waals surface area contributed by atoms with E-state index in [0.717, 1.165) is 25.5 Å². The van der Waals surface area contributed by atoms with Crippen LogP contribution < -0.4 is 0 Å². The van der Waals surface area contributed by atoms with Crippen molar-refractivity contribution >= 4 is 6.29 Å². The second kappa shape index (κ2) is 3.10. The number of benzene rings is 1. The summed E-state index contributed by atoms with van der Waals surface area (Å²) in [6.45, 7) is 0. The van der Waals surface area contributed by atoms with E-state index >= 15 is 0 Å². The van der Waals surface area contributed by atoms with Gasteiger partial charge >= 0.3 is 0 Å². The molecule has 1 aromatic rings. The molecule has 0 aliphatic heterocycles. The molecule has 1 aliphatic carbocycles. The summed E-state index contributed by atoms with van der Waals surface area (Å²) in [6.07, 6.45) is 4.13. The molecular weight excluding hydrogens is 148 g/mol. The Morgan fingerprint density at radius 2 is 2.00 bits per heavy atom. The molecule has 2 rings (SSSR count). The van der Waals surface area contributed by atoms with Gasteiger partial charge in [-0.1, -0.05) is 24.3 Å². The van der Waals surface area contributed by atoms with Crippen LogP contribution >= 0.6 is 0 Å². The fourth-order valence-electron chi connectivity index (χ4n) is 1.84. The monoisotopic (exact) mass is 160 g/mol. The summed E-state index contributed by atoms with van der Waals surface area (Å²) in [5, 5.41) is 0. The van der Waals surface area contributed by atoms with Crippen LogP contribution in [-0.4, -0.2) is 6.29 Å². The minimum atomic E-state index is 0.264. The summed E-state index contributed by atoms with van der Waals surface area (Å²) in [4.78, 5) is 10.6.